The van der Waals surface area contributed by atoms with Gasteiger partial charge in [0.2, 0.25) is 0 Å². The predicted octanol–water partition coefficient (Wildman–Crippen LogP) is 0.376. The Balaban J connectivity index is 2.01. The van der Waals surface area contributed by atoms with Gasteiger partial charge in [0.05, 0.1) is 0 Å². The summed E-state index contributed by atoms with van der Waals surface area (Å²) in [7, 11) is 4.25. The van der Waals surface area contributed by atoms with Crippen molar-refractivity contribution in [1.29, 1.82) is 0 Å². The fourth-order valence-electron chi connectivity index (χ4n) is 2.32. The molecular weight excluding hydrogens is 240 g/mol. The fourth-order valence-corrected chi connectivity index (χ4v) is 2.32. The van der Waals surface area contributed by atoms with E-state index in [0.29, 0.717) is 12.6 Å². The summed E-state index contributed by atoms with van der Waals surface area (Å²) in [5.41, 5.74) is 5.73. The molecule has 1 aromatic rings. The van der Waals surface area contributed by atoms with Gasteiger partial charge in [0, 0.05) is 38.3 Å². The summed E-state index contributed by atoms with van der Waals surface area (Å²) in [5.74, 6) is 1.79. The van der Waals surface area contributed by atoms with E-state index in [9.17, 15) is 0 Å². The van der Waals surface area contributed by atoms with Crippen LogP contribution in [0.4, 0.5) is 11.6 Å². The molecule has 19 heavy (non-hydrogen) atoms. The van der Waals surface area contributed by atoms with Gasteiger partial charge in [-0.25, -0.2) is 9.97 Å². The normalized spacial score (nSPS) is 21.4. The van der Waals surface area contributed by atoms with Gasteiger partial charge in [-0.05, 0) is 26.9 Å². The van der Waals surface area contributed by atoms with E-state index in [1.165, 1.54) is 6.42 Å². The summed E-state index contributed by atoms with van der Waals surface area (Å²) in [6.07, 6.45) is 2.79. The average molecular weight is 264 g/mol. The number of likely N-dealkylation sites (N-methyl/N-ethyl adjacent to an activating group) is 2. The van der Waals surface area contributed by atoms with Crippen molar-refractivity contribution in [2.45, 2.75) is 25.4 Å². The van der Waals surface area contributed by atoms with Crippen molar-refractivity contribution in [3.8, 4) is 0 Å². The van der Waals surface area contributed by atoms with Gasteiger partial charge >= 0.3 is 0 Å². The van der Waals surface area contributed by atoms with Crippen LogP contribution in [-0.4, -0.2) is 60.7 Å². The zero-order valence-corrected chi connectivity index (χ0v) is 12.0. The molecule has 0 spiro atoms. The van der Waals surface area contributed by atoms with Crippen molar-refractivity contribution in [3.63, 3.8) is 0 Å². The van der Waals surface area contributed by atoms with E-state index < -0.39 is 0 Å². The zero-order chi connectivity index (χ0) is 13.8. The Labute approximate surface area is 115 Å². The highest BCUT2D eigenvalue weighted by Gasteiger charge is 2.24. The molecule has 0 amide bonds. The number of anilines is 2. The first-order chi connectivity index (χ1) is 9.06. The van der Waals surface area contributed by atoms with Crippen LogP contribution in [0.2, 0.25) is 0 Å². The molecule has 106 valence electrons. The molecule has 3 N–H and O–H groups in total. The molecule has 0 bridgehead atoms. The number of hydrogen-bond acceptors (Lipinski definition) is 6. The second-order valence-electron chi connectivity index (χ2n) is 5.44. The van der Waals surface area contributed by atoms with Gasteiger partial charge in [-0.1, -0.05) is 0 Å². The minimum absolute atomic E-state index is 0.111. The van der Waals surface area contributed by atoms with Crippen molar-refractivity contribution >= 4 is 11.6 Å². The molecule has 2 rings (SSSR count). The van der Waals surface area contributed by atoms with Gasteiger partial charge in [-0.3, -0.25) is 0 Å². The second kappa shape index (κ2) is 6.16. The third-order valence-corrected chi connectivity index (χ3v) is 3.53. The molecule has 1 aliphatic rings. The molecule has 0 aromatic carbocycles. The third-order valence-electron chi connectivity index (χ3n) is 3.53. The van der Waals surface area contributed by atoms with Gasteiger partial charge in [-0.2, -0.15) is 0 Å². The van der Waals surface area contributed by atoms with E-state index >= 15 is 0 Å². The maximum absolute atomic E-state index is 5.73. The summed E-state index contributed by atoms with van der Waals surface area (Å²) >= 11 is 0. The summed E-state index contributed by atoms with van der Waals surface area (Å²) in [6.45, 7) is 4.92. The Morgan fingerprint density at radius 2 is 2.37 bits per heavy atom. The monoisotopic (exact) mass is 264 g/mol. The van der Waals surface area contributed by atoms with E-state index in [2.05, 4.69) is 39.2 Å². The number of likely N-dealkylation sites (tertiary alicyclic amines) is 1. The maximum Gasteiger partial charge on any atom is 0.134 e. The molecule has 0 radical (unpaired) electrons. The van der Waals surface area contributed by atoms with Crippen LogP contribution in [0.3, 0.4) is 0 Å². The smallest absolute Gasteiger partial charge is 0.134 e. The molecule has 1 fully saturated rings. The van der Waals surface area contributed by atoms with Crippen molar-refractivity contribution in [2.24, 2.45) is 5.73 Å². The Morgan fingerprint density at radius 1 is 1.58 bits per heavy atom. The molecule has 6 heteroatoms. The van der Waals surface area contributed by atoms with Gasteiger partial charge in [0.15, 0.2) is 0 Å². The van der Waals surface area contributed by atoms with E-state index in [1.54, 1.807) is 6.33 Å². The Morgan fingerprint density at radius 3 is 3.00 bits per heavy atom. The number of rotatable bonds is 5. The highest BCUT2D eigenvalue weighted by atomic mass is 15.3. The van der Waals surface area contributed by atoms with Crippen LogP contribution in [0.25, 0.3) is 0 Å². The number of nitrogens with two attached hydrogens (primary N) is 1. The van der Waals surface area contributed by atoms with E-state index in [4.69, 9.17) is 5.73 Å². The van der Waals surface area contributed by atoms with Crippen LogP contribution in [0.15, 0.2) is 12.4 Å². The molecule has 1 aromatic heterocycles. The lowest BCUT2D eigenvalue weighted by Crippen LogP contribution is -2.34. The highest BCUT2D eigenvalue weighted by Crippen LogP contribution is 2.20. The molecular formula is C13H24N6. The van der Waals surface area contributed by atoms with Crippen LogP contribution in [0.5, 0.6) is 0 Å². The number of nitrogens with one attached hydrogen (secondary N) is 1. The van der Waals surface area contributed by atoms with Crippen LogP contribution >= 0.6 is 0 Å². The van der Waals surface area contributed by atoms with Crippen LogP contribution in [-0.2, 0) is 0 Å². The molecule has 1 saturated heterocycles. The zero-order valence-electron chi connectivity index (χ0n) is 12.0. The summed E-state index contributed by atoms with van der Waals surface area (Å²) < 4.78 is 0. The van der Waals surface area contributed by atoms with Gasteiger partial charge in [0.1, 0.15) is 18.0 Å². The van der Waals surface area contributed by atoms with Gasteiger partial charge in [0.25, 0.3) is 0 Å². The first-order valence-electron chi connectivity index (χ1n) is 6.79. The van der Waals surface area contributed by atoms with E-state index in [1.807, 2.05) is 13.0 Å². The lowest BCUT2D eigenvalue weighted by molar-refractivity contribution is 0.409. The topological polar surface area (TPSA) is 70.3 Å². The Hall–Kier alpha value is -1.40. The number of aromatic nitrogens is 2. The lowest BCUT2D eigenvalue weighted by atomic mass is 10.2. The first kappa shape index (κ1) is 14.0. The molecule has 6 nitrogen and oxygen atoms in total. The average Bonchev–Trinajstić information content (AvgIpc) is 2.82. The minimum Gasteiger partial charge on any atom is -0.368 e. The van der Waals surface area contributed by atoms with Crippen LogP contribution in [0.1, 0.15) is 13.3 Å². The van der Waals surface area contributed by atoms with Crippen molar-refractivity contribution in [3.05, 3.63) is 12.4 Å². The highest BCUT2D eigenvalue weighted by molar-refractivity contribution is 5.48. The van der Waals surface area contributed by atoms with E-state index in [0.717, 1.165) is 24.7 Å². The van der Waals surface area contributed by atoms with Gasteiger partial charge in [-0.15, -0.1) is 0 Å². The predicted molar refractivity (Wildman–Crippen MR) is 78.5 cm³/mol. The van der Waals surface area contributed by atoms with Gasteiger partial charge < -0.3 is 20.9 Å². The van der Waals surface area contributed by atoms with Crippen molar-refractivity contribution in [1.82, 2.24) is 14.9 Å². The van der Waals surface area contributed by atoms with Crippen LogP contribution < -0.4 is 16.0 Å². The quantitative estimate of drug-likeness (QED) is 0.801. The number of hydrogen-bond donors (Lipinski definition) is 2. The van der Waals surface area contributed by atoms with E-state index in [-0.39, 0.29) is 6.04 Å². The first-order valence-corrected chi connectivity index (χ1v) is 6.79. The number of nitrogens with zero attached hydrogens (tertiary/aromatic N) is 4. The largest absolute Gasteiger partial charge is 0.368 e. The van der Waals surface area contributed by atoms with Crippen molar-refractivity contribution < 1.29 is 0 Å². The second-order valence-corrected chi connectivity index (χ2v) is 5.44. The standard InChI is InChI=1S/C13H24N6/c1-10(14)7-15-12-6-13(17-9-16-12)19(3)11-4-5-18(2)8-11/h6,9-11H,4-5,7-8,14H2,1-3H3,(H,15,16,17). The Kier molecular flexibility index (Phi) is 4.55. The maximum atomic E-state index is 5.73. The molecule has 2 unspecified atom stereocenters. The molecule has 2 heterocycles. The third kappa shape index (κ3) is 3.78. The Bertz CT molecular complexity index is 408. The molecule has 0 saturated carbocycles. The molecule has 2 atom stereocenters. The fraction of sp³-hybridized carbons (Fsp3) is 0.692. The van der Waals surface area contributed by atoms with Crippen molar-refractivity contribution in [2.75, 3.05) is 43.9 Å². The summed E-state index contributed by atoms with van der Waals surface area (Å²) in [4.78, 5) is 13.2. The molecule has 1 aliphatic heterocycles. The summed E-state index contributed by atoms with van der Waals surface area (Å²) in [5, 5.41) is 3.23. The molecule has 0 aliphatic carbocycles. The summed E-state index contributed by atoms with van der Waals surface area (Å²) in [6, 6.07) is 2.63. The minimum atomic E-state index is 0.111. The SMILES string of the molecule is CC(N)CNc1cc(N(C)C2CCN(C)C2)ncn1. The lowest BCUT2D eigenvalue weighted by Gasteiger charge is -2.25. The van der Waals surface area contributed by atoms with Crippen LogP contribution in [0, 0.1) is 0 Å².